The second-order valence-corrected chi connectivity index (χ2v) is 5.49. The van der Waals surface area contributed by atoms with Crippen molar-refractivity contribution in [3.63, 3.8) is 0 Å². The van der Waals surface area contributed by atoms with Crippen LogP contribution in [0.25, 0.3) is 0 Å². The van der Waals surface area contributed by atoms with Gasteiger partial charge in [-0.1, -0.05) is 20.8 Å². The minimum absolute atomic E-state index is 0. The molecule has 2 unspecified atom stereocenters. The Morgan fingerprint density at radius 1 is 1.22 bits per heavy atom. The van der Waals surface area contributed by atoms with E-state index in [2.05, 4.69) is 29.9 Å². The summed E-state index contributed by atoms with van der Waals surface area (Å²) >= 11 is 1.56. The topological polar surface area (TPSA) is 58.2 Å². The van der Waals surface area contributed by atoms with Crippen molar-refractivity contribution < 1.29 is 55.1 Å². The van der Waals surface area contributed by atoms with Gasteiger partial charge in [0.25, 0.3) is 0 Å². The van der Waals surface area contributed by atoms with E-state index in [9.17, 15) is 4.79 Å². The van der Waals surface area contributed by atoms with Gasteiger partial charge in [0.2, 0.25) is 6.41 Å². The predicted molar refractivity (Wildman–Crippen MR) is 59.0 cm³/mol. The minimum Gasteiger partial charge on any atom is -1.00 e. The monoisotopic (exact) mass is 331 g/mol. The summed E-state index contributed by atoms with van der Waals surface area (Å²) in [6.45, 7) is 6.77. The quantitative estimate of drug-likeness (QED) is 0.402. The van der Waals surface area contributed by atoms with Crippen LogP contribution in [0.2, 0.25) is 0 Å². The smallest absolute Gasteiger partial charge is 1.00 e. The average Bonchev–Trinajstić information content (AvgIpc) is 2.24. The first-order valence-electron chi connectivity index (χ1n) is 5.52. The van der Waals surface area contributed by atoms with Crippen molar-refractivity contribution >= 4 is 12.8 Å². The van der Waals surface area contributed by atoms with Crippen LogP contribution in [-0.4, -0.2) is 18.9 Å². The molecule has 18 heavy (non-hydrogen) atoms. The molecule has 1 rings (SSSR count). The molecule has 1 aliphatic rings. The van der Waals surface area contributed by atoms with Gasteiger partial charge in [-0.3, -0.25) is 4.79 Å². The van der Waals surface area contributed by atoms with Crippen LogP contribution in [0, 0.1) is 11.3 Å². The number of halogens is 2. The Morgan fingerprint density at radius 2 is 1.72 bits per heavy atom. The first kappa shape index (κ1) is 23.3. The van der Waals surface area contributed by atoms with Gasteiger partial charge in [0.05, 0.1) is 0 Å². The first-order chi connectivity index (χ1) is 7.46. The fourth-order valence-electron chi connectivity index (χ4n) is 2.03. The Kier molecular flexibility index (Phi) is 15.9. The van der Waals surface area contributed by atoms with Crippen LogP contribution in [0.4, 0.5) is 0 Å². The maximum atomic E-state index is 10.3. The fraction of sp³-hybridized carbons (Fsp3) is 0.818. The zero-order valence-electron chi connectivity index (χ0n) is 11.0. The molecule has 7 heteroatoms. The Balaban J connectivity index is -0.000000332. The summed E-state index contributed by atoms with van der Waals surface area (Å²) in [5.41, 5.74) is 0.410. The van der Waals surface area contributed by atoms with Gasteiger partial charge in [0, 0.05) is 6.04 Å². The number of carbonyl (C=O) groups excluding carboxylic acids is 2. The van der Waals surface area contributed by atoms with E-state index < -0.39 is 0 Å². The van der Waals surface area contributed by atoms with Gasteiger partial charge in [-0.25, -0.2) is 0 Å². The van der Waals surface area contributed by atoms with Gasteiger partial charge >= 0.3 is 35.7 Å². The minimum atomic E-state index is 0. The fourth-order valence-corrected chi connectivity index (χ4v) is 2.03. The molecule has 0 bridgehead atoms. The Bertz CT molecular complexity index is 231. The van der Waals surface area contributed by atoms with Crippen molar-refractivity contribution in [3.8, 4) is 0 Å². The Morgan fingerprint density at radius 3 is 2.11 bits per heavy atom. The summed E-state index contributed by atoms with van der Waals surface area (Å²) in [7, 11) is 0. The van der Waals surface area contributed by atoms with Gasteiger partial charge in [-0.2, -0.15) is 0 Å². The molecule has 2 amide bonds. The first-order valence-corrected chi connectivity index (χ1v) is 6.30. The van der Waals surface area contributed by atoms with Crippen LogP contribution >= 0.6 is 0 Å². The third-order valence-corrected chi connectivity index (χ3v) is 3.26. The van der Waals surface area contributed by atoms with Crippen molar-refractivity contribution in [3.05, 3.63) is 0 Å². The number of hydrogen-bond donors (Lipinski definition) is 2. The standard InChI is InChI=1S/C10H19NO.CH3NO.2ClH.Ti/c1-8-4-5-10(2,3)6-9(8)11-7-12;2-1-3;;;/h7-9H,4-6H2,1-3H3,(H,11,12);1H,(H2,2,3);2*1H;/q;;;;+3/p-3. The summed E-state index contributed by atoms with van der Waals surface area (Å²) < 4.78 is 2.25. The molecule has 0 aromatic heterocycles. The van der Waals surface area contributed by atoms with E-state index in [1.807, 2.05) is 0 Å². The zero-order chi connectivity index (χ0) is 12.6. The number of amides is 2. The van der Waals surface area contributed by atoms with Gasteiger partial charge in [-0.15, -0.1) is 0 Å². The number of rotatable bonds is 3. The molecule has 4 nitrogen and oxygen atoms in total. The Labute approximate surface area is 134 Å². The molecular weight excluding hydrogens is 311 g/mol. The molecule has 0 radical (unpaired) electrons. The van der Waals surface area contributed by atoms with Crippen molar-refractivity contribution in [2.75, 3.05) is 0 Å². The van der Waals surface area contributed by atoms with Gasteiger partial charge in [0.1, 0.15) is 0 Å². The van der Waals surface area contributed by atoms with Crippen LogP contribution in [-0.2, 0) is 30.3 Å². The molecular formula is C11H21Cl2N2O2Ti. The number of nitrogens with one attached hydrogen (secondary N) is 2. The molecule has 1 fully saturated rings. The van der Waals surface area contributed by atoms with E-state index in [-0.39, 0.29) is 24.8 Å². The maximum absolute atomic E-state index is 10.3. The molecule has 2 N–H and O–H groups in total. The van der Waals surface area contributed by atoms with Crippen molar-refractivity contribution in [2.45, 2.75) is 46.1 Å². The predicted octanol–water partition coefficient (Wildman–Crippen LogP) is -4.85. The maximum Gasteiger partial charge on any atom is -1.00 e. The molecule has 0 saturated heterocycles. The largest absolute Gasteiger partial charge is 1.00 e. The van der Waals surface area contributed by atoms with E-state index in [0.717, 1.165) is 12.8 Å². The van der Waals surface area contributed by atoms with Crippen LogP contribution in [0.3, 0.4) is 0 Å². The summed E-state index contributed by atoms with van der Waals surface area (Å²) in [4.78, 5) is 19.4. The molecule has 0 aromatic carbocycles. The molecule has 105 valence electrons. The van der Waals surface area contributed by atoms with Crippen LogP contribution in [0.5, 0.6) is 0 Å². The summed E-state index contributed by atoms with van der Waals surface area (Å²) in [6.07, 6.45) is 5.10. The second kappa shape index (κ2) is 12.3. The van der Waals surface area contributed by atoms with E-state index >= 15 is 0 Å². The normalized spacial score (nSPS) is 24.1. The summed E-state index contributed by atoms with van der Waals surface area (Å²) in [6, 6.07) is 0.395. The molecule has 1 aliphatic carbocycles. The van der Waals surface area contributed by atoms with E-state index in [1.54, 1.807) is 20.7 Å². The van der Waals surface area contributed by atoms with Gasteiger partial charge < -0.3 is 30.1 Å². The van der Waals surface area contributed by atoms with E-state index in [4.69, 9.17) is 4.79 Å². The third-order valence-electron chi connectivity index (χ3n) is 3.08. The molecule has 1 saturated carbocycles. The van der Waals surface area contributed by atoms with Crippen LogP contribution in [0.1, 0.15) is 40.0 Å². The molecule has 0 heterocycles. The van der Waals surface area contributed by atoms with Gasteiger partial charge in [0.15, 0.2) is 0 Å². The zero-order valence-corrected chi connectivity index (χ0v) is 14.1. The second-order valence-electron chi connectivity index (χ2n) is 5.04. The molecule has 0 aliphatic heterocycles. The molecule has 2 atom stereocenters. The Hall–Kier alpha value is 0.234. The van der Waals surface area contributed by atoms with Crippen molar-refractivity contribution in [1.29, 1.82) is 0 Å². The number of carbonyl (C=O) groups is 2. The summed E-state index contributed by atoms with van der Waals surface area (Å²) in [5, 5.41) is 2.91. The molecule has 0 spiro atoms. The van der Waals surface area contributed by atoms with Crippen molar-refractivity contribution in [2.24, 2.45) is 11.3 Å². The molecule has 0 aromatic rings. The van der Waals surface area contributed by atoms with E-state index in [1.165, 1.54) is 12.8 Å². The van der Waals surface area contributed by atoms with Gasteiger partial charge in [-0.05, 0) is 30.6 Å². The van der Waals surface area contributed by atoms with Crippen molar-refractivity contribution in [1.82, 2.24) is 9.12 Å². The SMILES string of the molecule is CC1CCC(C)(C)CC1NC=O.O=C[NH][Ti+2].[Cl-].[Cl-]. The van der Waals surface area contributed by atoms with Crippen LogP contribution in [0.15, 0.2) is 0 Å². The van der Waals surface area contributed by atoms with Crippen LogP contribution < -0.4 is 33.9 Å². The summed E-state index contributed by atoms with van der Waals surface area (Å²) in [5.74, 6) is 0.642. The third kappa shape index (κ3) is 10.2. The number of hydrogen-bond acceptors (Lipinski definition) is 2. The average molecular weight is 332 g/mol. The van der Waals surface area contributed by atoms with E-state index in [0.29, 0.717) is 23.8 Å².